The van der Waals surface area contributed by atoms with Gasteiger partial charge in [0, 0.05) is 42.3 Å². The van der Waals surface area contributed by atoms with Crippen molar-refractivity contribution in [3.8, 4) is 22.7 Å². The van der Waals surface area contributed by atoms with Crippen LogP contribution in [0.4, 0.5) is 4.39 Å². The lowest BCUT2D eigenvalue weighted by atomic mass is 10.1. The van der Waals surface area contributed by atoms with E-state index in [4.69, 9.17) is 27.9 Å². The fourth-order valence-electron chi connectivity index (χ4n) is 4.49. The van der Waals surface area contributed by atoms with E-state index in [2.05, 4.69) is 10.5 Å². The summed E-state index contributed by atoms with van der Waals surface area (Å²) in [5.41, 5.74) is 5.31. The molecule has 1 aliphatic heterocycles. The lowest BCUT2D eigenvalue weighted by Crippen LogP contribution is -2.54. The van der Waals surface area contributed by atoms with Crippen LogP contribution in [-0.4, -0.2) is 64.3 Å². The van der Waals surface area contributed by atoms with Gasteiger partial charge in [-0.1, -0.05) is 47.5 Å². The van der Waals surface area contributed by atoms with Crippen molar-refractivity contribution in [2.75, 3.05) is 32.8 Å². The topological polar surface area (TPSA) is 79.7 Å². The van der Waals surface area contributed by atoms with Crippen molar-refractivity contribution in [3.05, 3.63) is 99.9 Å². The zero-order valence-electron chi connectivity index (χ0n) is 21.6. The van der Waals surface area contributed by atoms with Gasteiger partial charge in [0.05, 0.1) is 17.3 Å². The fourth-order valence-corrected chi connectivity index (χ4v) is 4.83. The molecule has 8 nitrogen and oxygen atoms in total. The predicted octanol–water partition coefficient (Wildman–Crippen LogP) is 5.49. The second-order valence-electron chi connectivity index (χ2n) is 9.06. The van der Waals surface area contributed by atoms with Gasteiger partial charge in [0.15, 0.2) is 11.4 Å². The lowest BCUT2D eigenvalue weighted by molar-refractivity contribution is 0.0502. The van der Waals surface area contributed by atoms with Crippen LogP contribution < -0.4 is 10.2 Å². The van der Waals surface area contributed by atoms with Crippen molar-refractivity contribution in [1.82, 2.24) is 25.1 Å². The minimum Gasteiger partial charge on any atom is -0.489 e. The number of halogens is 3. The highest BCUT2D eigenvalue weighted by atomic mass is 35.5. The molecule has 5 rings (SSSR count). The first kappa shape index (κ1) is 27.6. The Morgan fingerprint density at radius 3 is 2.27 bits per heavy atom. The van der Waals surface area contributed by atoms with Gasteiger partial charge < -0.3 is 9.64 Å². The summed E-state index contributed by atoms with van der Waals surface area (Å²) in [7, 11) is 0. The van der Waals surface area contributed by atoms with Crippen LogP contribution in [0.1, 0.15) is 27.8 Å². The molecule has 1 aliphatic rings. The number of piperazine rings is 1. The number of carbonyl (C=O) groups excluding carboxylic acids is 2. The van der Waals surface area contributed by atoms with Crippen LogP contribution in [-0.2, 0) is 0 Å². The van der Waals surface area contributed by atoms with Crippen LogP contribution in [0.5, 0.6) is 5.75 Å². The zero-order valence-corrected chi connectivity index (χ0v) is 23.1. The maximum Gasteiger partial charge on any atom is 0.289 e. The number of nitrogens with zero attached hydrogens (tertiary/aromatic N) is 4. The van der Waals surface area contributed by atoms with E-state index in [0.717, 1.165) is 5.56 Å². The highest BCUT2D eigenvalue weighted by molar-refractivity contribution is 6.32. The average molecular weight is 582 g/mol. The maximum absolute atomic E-state index is 13.6. The second-order valence-corrected chi connectivity index (χ2v) is 9.90. The Labute approximate surface area is 240 Å². The summed E-state index contributed by atoms with van der Waals surface area (Å²) in [6, 6.07) is 19.8. The highest BCUT2D eigenvalue weighted by Gasteiger charge is 2.29. The normalized spacial score (nSPS) is 13.8. The first-order chi connectivity index (χ1) is 19.4. The molecule has 1 N–H and O–H groups in total. The van der Waals surface area contributed by atoms with Crippen LogP contribution >= 0.6 is 23.2 Å². The van der Waals surface area contributed by atoms with Crippen molar-refractivity contribution in [2.24, 2.45) is 0 Å². The van der Waals surface area contributed by atoms with Crippen molar-refractivity contribution < 1.29 is 18.7 Å². The van der Waals surface area contributed by atoms with Crippen LogP contribution in [0, 0.1) is 5.82 Å². The van der Waals surface area contributed by atoms with E-state index in [0.29, 0.717) is 65.5 Å². The quantitative estimate of drug-likeness (QED) is 0.312. The molecule has 0 saturated carbocycles. The summed E-state index contributed by atoms with van der Waals surface area (Å²) in [4.78, 5) is 28.0. The Morgan fingerprint density at radius 1 is 0.950 bits per heavy atom. The van der Waals surface area contributed by atoms with E-state index in [1.165, 1.54) is 24.3 Å². The number of hydrazine groups is 1. The van der Waals surface area contributed by atoms with Gasteiger partial charge in [-0.05, 0) is 55.5 Å². The number of para-hydroxylation sites is 1. The van der Waals surface area contributed by atoms with Gasteiger partial charge in [-0.2, -0.15) is 5.10 Å². The molecule has 4 aromatic rings. The van der Waals surface area contributed by atoms with E-state index >= 15 is 0 Å². The van der Waals surface area contributed by atoms with Gasteiger partial charge in [0.1, 0.15) is 11.5 Å². The summed E-state index contributed by atoms with van der Waals surface area (Å²) in [6.45, 7) is 3.71. The third-order valence-electron chi connectivity index (χ3n) is 6.46. The Kier molecular flexibility index (Phi) is 8.35. The summed E-state index contributed by atoms with van der Waals surface area (Å²) < 4.78 is 20.8. The van der Waals surface area contributed by atoms with E-state index in [9.17, 15) is 14.0 Å². The van der Waals surface area contributed by atoms with Gasteiger partial charge >= 0.3 is 0 Å². The Morgan fingerprint density at radius 2 is 1.62 bits per heavy atom. The Bertz CT molecular complexity index is 1520. The number of hydrogen-bond donors (Lipinski definition) is 1. The molecule has 206 valence electrons. The van der Waals surface area contributed by atoms with Gasteiger partial charge in [-0.15, -0.1) is 0 Å². The number of nitrogens with one attached hydrogen (secondary N) is 1. The summed E-state index contributed by atoms with van der Waals surface area (Å²) in [5.74, 6) is -0.724. The van der Waals surface area contributed by atoms with E-state index in [-0.39, 0.29) is 11.6 Å². The summed E-state index contributed by atoms with van der Waals surface area (Å²) in [5, 5.41) is 7.42. The van der Waals surface area contributed by atoms with Crippen LogP contribution in [0.15, 0.2) is 72.8 Å². The Balaban J connectivity index is 1.40. The molecule has 0 unspecified atom stereocenters. The zero-order chi connectivity index (χ0) is 28.2. The average Bonchev–Trinajstić information content (AvgIpc) is 3.33. The number of benzene rings is 3. The third kappa shape index (κ3) is 5.82. The number of amides is 2. The number of ether oxygens (including phenoxy) is 1. The monoisotopic (exact) mass is 581 g/mol. The standard InChI is InChI=1S/C29H26Cl2FN5O3/c1-2-40-27-25(28(38)34-36-17-15-35(16-18-36)29(39)20-9-13-22(32)14-10-20)33-37(24-6-4-3-5-23(24)31)26(27)19-7-11-21(30)12-8-19/h3-14H,2,15-18H2,1H3,(H,34,38). The summed E-state index contributed by atoms with van der Waals surface area (Å²) in [6.07, 6.45) is 0. The van der Waals surface area contributed by atoms with Crippen molar-refractivity contribution >= 4 is 35.0 Å². The molecule has 0 spiro atoms. The fraction of sp³-hybridized carbons (Fsp3) is 0.207. The molecule has 3 aromatic carbocycles. The molecule has 0 atom stereocenters. The second kappa shape index (κ2) is 12.1. The molecule has 0 aliphatic carbocycles. The molecule has 0 bridgehead atoms. The number of rotatable bonds is 7. The molecule has 1 aromatic heterocycles. The molecule has 2 amide bonds. The highest BCUT2D eigenvalue weighted by Crippen LogP contribution is 2.37. The van der Waals surface area contributed by atoms with Crippen LogP contribution in [0.3, 0.4) is 0 Å². The smallest absolute Gasteiger partial charge is 0.289 e. The first-order valence-electron chi connectivity index (χ1n) is 12.7. The molecule has 1 fully saturated rings. The third-order valence-corrected chi connectivity index (χ3v) is 7.03. The van der Waals surface area contributed by atoms with Gasteiger partial charge in [0.2, 0.25) is 0 Å². The summed E-state index contributed by atoms with van der Waals surface area (Å²) >= 11 is 12.7. The maximum atomic E-state index is 13.6. The molecule has 40 heavy (non-hydrogen) atoms. The van der Waals surface area contributed by atoms with Gasteiger partial charge in [0.25, 0.3) is 11.8 Å². The minimum atomic E-state index is -0.456. The molecule has 2 heterocycles. The molecule has 0 radical (unpaired) electrons. The SMILES string of the molecule is CCOc1c(C(=O)NN2CCN(C(=O)c3ccc(F)cc3)CC2)nn(-c2ccccc2Cl)c1-c1ccc(Cl)cc1. The van der Waals surface area contributed by atoms with Crippen molar-refractivity contribution in [1.29, 1.82) is 0 Å². The van der Waals surface area contributed by atoms with Crippen molar-refractivity contribution in [3.63, 3.8) is 0 Å². The molecular weight excluding hydrogens is 556 g/mol. The van der Waals surface area contributed by atoms with Crippen LogP contribution in [0.25, 0.3) is 16.9 Å². The number of hydrogen-bond acceptors (Lipinski definition) is 5. The first-order valence-corrected chi connectivity index (χ1v) is 13.5. The van der Waals surface area contributed by atoms with E-state index in [1.54, 1.807) is 32.8 Å². The predicted molar refractivity (Wildman–Crippen MR) is 152 cm³/mol. The van der Waals surface area contributed by atoms with E-state index in [1.807, 2.05) is 37.3 Å². The van der Waals surface area contributed by atoms with E-state index < -0.39 is 11.7 Å². The van der Waals surface area contributed by atoms with Gasteiger partial charge in [-0.3, -0.25) is 15.0 Å². The number of aromatic nitrogens is 2. The molecule has 1 saturated heterocycles. The van der Waals surface area contributed by atoms with Gasteiger partial charge in [-0.25, -0.2) is 14.1 Å². The number of carbonyl (C=O) groups is 2. The molecule has 11 heteroatoms. The molecular formula is C29H26Cl2FN5O3. The van der Waals surface area contributed by atoms with Crippen LogP contribution in [0.2, 0.25) is 10.0 Å². The lowest BCUT2D eigenvalue weighted by Gasteiger charge is -2.34. The van der Waals surface area contributed by atoms with Crippen molar-refractivity contribution in [2.45, 2.75) is 6.92 Å². The Hall–Kier alpha value is -3.92. The minimum absolute atomic E-state index is 0.0940. The largest absolute Gasteiger partial charge is 0.489 e.